The Hall–Kier alpha value is -2.06. The van der Waals surface area contributed by atoms with Crippen LogP contribution in [-0.2, 0) is 14.6 Å². The number of halogens is 1. The van der Waals surface area contributed by atoms with E-state index in [-0.39, 0.29) is 21.8 Å². The molecular weight excluding hydrogens is 358 g/mol. The van der Waals surface area contributed by atoms with E-state index in [1.165, 1.54) is 0 Å². The van der Waals surface area contributed by atoms with Gasteiger partial charge in [0.05, 0.1) is 15.4 Å². The summed E-state index contributed by atoms with van der Waals surface area (Å²) in [5.41, 5.74) is -0.652. The zero-order valence-electron chi connectivity index (χ0n) is 12.8. The van der Waals surface area contributed by atoms with E-state index in [2.05, 4.69) is 0 Å². The predicted molar refractivity (Wildman–Crippen MR) is 89.2 cm³/mol. The van der Waals surface area contributed by atoms with Gasteiger partial charge in [0.15, 0.2) is 16.1 Å². The van der Waals surface area contributed by atoms with Gasteiger partial charge in [0, 0.05) is 23.6 Å². The van der Waals surface area contributed by atoms with Gasteiger partial charge in [-0.1, -0.05) is 12.2 Å². The second-order valence-corrected chi connectivity index (χ2v) is 7.80. The number of benzene rings is 1. The van der Waals surface area contributed by atoms with Gasteiger partial charge < -0.3 is 4.79 Å². The smallest absolute Gasteiger partial charge is 0.281 e. The Bertz CT molecular complexity index is 759. The molecule has 0 saturated carbocycles. The molecule has 130 valence electrons. The van der Waals surface area contributed by atoms with Gasteiger partial charge in [-0.25, -0.2) is 8.42 Å². The lowest BCUT2D eigenvalue weighted by Crippen LogP contribution is -2.11. The highest BCUT2D eigenvalue weighted by molar-refractivity contribution is 7.90. The Balaban J connectivity index is 0.000000272. The molecule has 2 unspecified atom stereocenters. The molecule has 0 spiro atoms. The summed E-state index contributed by atoms with van der Waals surface area (Å²) in [6.45, 7) is 0. The topological polar surface area (TPSA) is 111 Å². The van der Waals surface area contributed by atoms with Crippen LogP contribution < -0.4 is 0 Å². The molecule has 1 aliphatic rings. The first-order chi connectivity index (χ1) is 11.2. The number of nitrogens with zero attached hydrogens (tertiary/aromatic N) is 1. The van der Waals surface area contributed by atoms with Crippen molar-refractivity contribution in [1.82, 2.24) is 0 Å². The van der Waals surface area contributed by atoms with Gasteiger partial charge in [-0.15, -0.1) is 11.6 Å². The molecule has 2 atom stereocenters. The highest BCUT2D eigenvalue weighted by Crippen LogP contribution is 2.21. The molecule has 0 fully saturated rings. The molecule has 1 aliphatic carbocycles. The number of sulfone groups is 1. The Morgan fingerprint density at radius 2 is 2.00 bits per heavy atom. The number of rotatable bonds is 4. The van der Waals surface area contributed by atoms with Crippen molar-refractivity contribution in [3.8, 4) is 0 Å². The van der Waals surface area contributed by atoms with Crippen molar-refractivity contribution >= 4 is 39.7 Å². The fourth-order valence-corrected chi connectivity index (χ4v) is 2.93. The maximum atomic E-state index is 11.1. The number of alkyl halides is 1. The summed E-state index contributed by atoms with van der Waals surface area (Å²) in [4.78, 5) is 30.2. The maximum absolute atomic E-state index is 11.1. The Labute approximate surface area is 144 Å². The molecule has 0 N–H and O–H groups in total. The molecule has 0 aliphatic heterocycles. The van der Waals surface area contributed by atoms with Crippen molar-refractivity contribution in [2.75, 3.05) is 6.26 Å². The van der Waals surface area contributed by atoms with Gasteiger partial charge in [-0.2, -0.15) is 0 Å². The molecule has 24 heavy (non-hydrogen) atoms. The summed E-state index contributed by atoms with van der Waals surface area (Å²) in [6.07, 6.45) is 7.81. The van der Waals surface area contributed by atoms with Crippen molar-refractivity contribution < 1.29 is 22.9 Å². The van der Waals surface area contributed by atoms with Gasteiger partial charge in [-0.05, 0) is 25.0 Å². The fourth-order valence-electron chi connectivity index (χ4n) is 1.98. The zero-order chi connectivity index (χ0) is 18.3. The maximum Gasteiger partial charge on any atom is 0.281 e. The number of nitro benzene ring substituents is 1. The highest BCUT2D eigenvalue weighted by atomic mass is 35.5. The molecule has 0 bridgehead atoms. The summed E-state index contributed by atoms with van der Waals surface area (Å²) in [6, 6.07) is 3.15. The number of carbonyl (C=O) groups excluding carboxylic acids is 2. The van der Waals surface area contributed by atoms with Crippen LogP contribution in [0.3, 0.4) is 0 Å². The second kappa shape index (κ2) is 8.70. The first kappa shape index (κ1) is 20.0. The molecule has 0 heterocycles. The standard InChI is InChI=1S/C8H7NO5S.C7H9ClO/c1-15(13,14)7-3-2-6(5-10)8(4-7)9(11)12;8-7-3-1-2-6(4-7)5-9/h2-5H,1H3;1-2,5-7H,3-4H2. The van der Waals surface area contributed by atoms with Crippen LogP contribution in [0.25, 0.3) is 0 Å². The van der Waals surface area contributed by atoms with Crippen LogP contribution in [0.2, 0.25) is 0 Å². The van der Waals surface area contributed by atoms with E-state index in [1.54, 1.807) is 0 Å². The number of aldehydes is 2. The lowest BCUT2D eigenvalue weighted by Gasteiger charge is -2.14. The SMILES string of the molecule is CS(=O)(=O)c1ccc(C=O)c([N+](=O)[O-])c1.O=CC1C=CCC(Cl)C1. The number of carbonyl (C=O) groups is 2. The summed E-state index contributed by atoms with van der Waals surface area (Å²) >= 11 is 5.78. The third-order valence-corrected chi connectivity index (χ3v) is 4.70. The number of allylic oxidation sites excluding steroid dienone is 2. The molecule has 1 aromatic rings. The largest absolute Gasteiger partial charge is 0.303 e. The summed E-state index contributed by atoms with van der Waals surface area (Å²) in [5.74, 6) is 0.0706. The molecule has 2 rings (SSSR count). The predicted octanol–water partition coefficient (Wildman–Crippen LogP) is 2.57. The lowest BCUT2D eigenvalue weighted by molar-refractivity contribution is -0.385. The second-order valence-electron chi connectivity index (χ2n) is 5.16. The van der Waals surface area contributed by atoms with Crippen LogP contribution in [-0.4, -0.2) is 37.5 Å². The molecular formula is C15H16ClNO6S. The average Bonchev–Trinajstić information content (AvgIpc) is 2.53. The Morgan fingerprint density at radius 1 is 1.33 bits per heavy atom. The summed E-state index contributed by atoms with van der Waals surface area (Å²) < 4.78 is 22.2. The Morgan fingerprint density at radius 3 is 2.42 bits per heavy atom. The number of hydrogen-bond donors (Lipinski definition) is 0. The van der Waals surface area contributed by atoms with Gasteiger partial charge in [0.25, 0.3) is 5.69 Å². The van der Waals surface area contributed by atoms with Gasteiger partial charge in [-0.3, -0.25) is 14.9 Å². The van der Waals surface area contributed by atoms with E-state index in [4.69, 9.17) is 11.6 Å². The van der Waals surface area contributed by atoms with Crippen LogP contribution in [0.15, 0.2) is 35.2 Å². The van der Waals surface area contributed by atoms with E-state index >= 15 is 0 Å². The molecule has 0 saturated heterocycles. The van der Waals surface area contributed by atoms with Gasteiger partial charge in [0.1, 0.15) is 6.29 Å². The van der Waals surface area contributed by atoms with Gasteiger partial charge >= 0.3 is 0 Å². The number of nitro groups is 1. The molecule has 1 aromatic carbocycles. The minimum absolute atomic E-state index is 0.0706. The normalized spacial score (nSPS) is 19.8. The third kappa shape index (κ3) is 5.86. The first-order valence-corrected chi connectivity index (χ1v) is 9.21. The van der Waals surface area contributed by atoms with E-state index < -0.39 is 20.4 Å². The van der Waals surface area contributed by atoms with E-state index in [1.807, 2.05) is 12.2 Å². The minimum Gasteiger partial charge on any atom is -0.303 e. The first-order valence-electron chi connectivity index (χ1n) is 6.88. The van der Waals surface area contributed by atoms with Crippen molar-refractivity contribution in [3.05, 3.63) is 46.0 Å². The zero-order valence-corrected chi connectivity index (χ0v) is 14.4. The van der Waals surface area contributed by atoms with Crippen LogP contribution in [0.4, 0.5) is 5.69 Å². The van der Waals surface area contributed by atoms with Crippen molar-refractivity contribution in [1.29, 1.82) is 0 Å². The summed E-state index contributed by atoms with van der Waals surface area (Å²) in [7, 11) is -3.50. The van der Waals surface area contributed by atoms with Crippen LogP contribution in [0.5, 0.6) is 0 Å². The van der Waals surface area contributed by atoms with Crippen molar-refractivity contribution in [3.63, 3.8) is 0 Å². The van der Waals surface area contributed by atoms with E-state index in [0.717, 1.165) is 43.6 Å². The molecule has 0 radical (unpaired) electrons. The molecule has 7 nitrogen and oxygen atoms in total. The van der Waals surface area contributed by atoms with E-state index in [9.17, 15) is 28.1 Å². The highest BCUT2D eigenvalue weighted by Gasteiger charge is 2.17. The molecule has 0 amide bonds. The average molecular weight is 374 g/mol. The molecule has 9 heteroatoms. The van der Waals surface area contributed by atoms with Crippen molar-refractivity contribution in [2.24, 2.45) is 5.92 Å². The minimum atomic E-state index is -3.50. The van der Waals surface area contributed by atoms with Crippen LogP contribution in [0, 0.1) is 16.0 Å². The molecule has 0 aromatic heterocycles. The van der Waals surface area contributed by atoms with Crippen LogP contribution >= 0.6 is 11.6 Å². The number of hydrogen-bond acceptors (Lipinski definition) is 6. The van der Waals surface area contributed by atoms with Gasteiger partial charge in [0.2, 0.25) is 0 Å². The van der Waals surface area contributed by atoms with Crippen LogP contribution in [0.1, 0.15) is 23.2 Å². The summed E-state index contributed by atoms with van der Waals surface area (Å²) in [5, 5.41) is 10.7. The third-order valence-electron chi connectivity index (χ3n) is 3.23. The quantitative estimate of drug-likeness (QED) is 0.263. The Kier molecular flexibility index (Phi) is 7.24. The van der Waals surface area contributed by atoms with E-state index in [0.29, 0.717) is 6.29 Å². The monoisotopic (exact) mass is 373 g/mol. The van der Waals surface area contributed by atoms with Crippen molar-refractivity contribution in [2.45, 2.75) is 23.1 Å². The lowest BCUT2D eigenvalue weighted by atomic mass is 9.97. The fraction of sp³-hybridized carbons (Fsp3) is 0.333.